The van der Waals surface area contributed by atoms with E-state index in [4.69, 9.17) is 4.74 Å². The summed E-state index contributed by atoms with van der Waals surface area (Å²) in [6.45, 7) is 5.81. The molecule has 0 fully saturated rings. The number of ether oxygens (including phenoxy) is 1. The number of nitrogens with one attached hydrogen (secondary N) is 1. The summed E-state index contributed by atoms with van der Waals surface area (Å²) in [6.07, 6.45) is 4.49. The smallest absolute Gasteiger partial charge is 0.411 e. The van der Waals surface area contributed by atoms with E-state index >= 15 is 0 Å². The molecule has 2 aromatic carbocycles. The molecular weight excluding hydrogens is 388 g/mol. The first kappa shape index (κ1) is 20.4. The Morgan fingerprint density at radius 3 is 2.61 bits per heavy atom. The van der Waals surface area contributed by atoms with E-state index in [0.717, 1.165) is 21.9 Å². The second-order valence-corrected chi connectivity index (χ2v) is 8.45. The molecule has 1 aromatic heterocycles. The molecule has 0 bridgehead atoms. The molecule has 146 valence electrons. The summed E-state index contributed by atoms with van der Waals surface area (Å²) in [6, 6.07) is 14.3. The Labute approximate surface area is 174 Å². The molecule has 6 heteroatoms. The second-order valence-electron chi connectivity index (χ2n) is 6.57. The van der Waals surface area contributed by atoms with Gasteiger partial charge in [0, 0.05) is 27.9 Å². The lowest BCUT2D eigenvalue weighted by molar-refractivity contribution is 0.130. The SMILES string of the molecule is CCc1ccc(-c2cnc(-c3ccc(NC(=O)OC(C)C)cc3)s2)c(SC)c1. The van der Waals surface area contributed by atoms with Crippen LogP contribution < -0.4 is 5.32 Å². The van der Waals surface area contributed by atoms with Crippen LogP contribution in [0.25, 0.3) is 21.0 Å². The fourth-order valence-electron chi connectivity index (χ4n) is 2.75. The first-order chi connectivity index (χ1) is 13.5. The van der Waals surface area contributed by atoms with Crippen molar-refractivity contribution in [2.75, 3.05) is 11.6 Å². The highest BCUT2D eigenvalue weighted by molar-refractivity contribution is 7.98. The van der Waals surface area contributed by atoms with E-state index in [1.165, 1.54) is 16.0 Å². The van der Waals surface area contributed by atoms with E-state index in [-0.39, 0.29) is 6.10 Å². The third-order valence-corrected chi connectivity index (χ3v) is 6.02. The zero-order valence-corrected chi connectivity index (χ0v) is 18.1. The van der Waals surface area contributed by atoms with Crippen LogP contribution in [0.4, 0.5) is 10.5 Å². The van der Waals surface area contributed by atoms with Gasteiger partial charge in [0.05, 0.1) is 11.0 Å². The van der Waals surface area contributed by atoms with Crippen LogP contribution in [-0.4, -0.2) is 23.4 Å². The number of amides is 1. The van der Waals surface area contributed by atoms with Crippen molar-refractivity contribution in [1.82, 2.24) is 4.98 Å². The summed E-state index contributed by atoms with van der Waals surface area (Å²) < 4.78 is 5.10. The van der Waals surface area contributed by atoms with Crippen molar-refractivity contribution in [3.8, 4) is 21.0 Å². The number of rotatable bonds is 6. The molecule has 0 aliphatic heterocycles. The van der Waals surface area contributed by atoms with Gasteiger partial charge >= 0.3 is 6.09 Å². The summed E-state index contributed by atoms with van der Waals surface area (Å²) in [4.78, 5) is 18.7. The van der Waals surface area contributed by atoms with E-state index in [1.54, 1.807) is 23.1 Å². The van der Waals surface area contributed by atoms with Gasteiger partial charge < -0.3 is 4.74 Å². The van der Waals surface area contributed by atoms with E-state index in [9.17, 15) is 4.79 Å². The Bertz CT molecular complexity index is 949. The number of anilines is 1. The molecule has 1 heterocycles. The van der Waals surface area contributed by atoms with Gasteiger partial charge in [-0.3, -0.25) is 5.32 Å². The number of hydrogen-bond acceptors (Lipinski definition) is 5. The first-order valence-electron chi connectivity index (χ1n) is 9.21. The van der Waals surface area contributed by atoms with Crippen LogP contribution in [0.1, 0.15) is 26.3 Å². The van der Waals surface area contributed by atoms with Crippen molar-refractivity contribution in [2.45, 2.75) is 38.2 Å². The zero-order chi connectivity index (χ0) is 20.1. The molecule has 0 unspecified atom stereocenters. The number of nitrogens with zero attached hydrogens (tertiary/aromatic N) is 1. The predicted octanol–water partition coefficient (Wildman–Crippen LogP) is 6.72. The topological polar surface area (TPSA) is 51.2 Å². The number of benzene rings is 2. The number of thiazole rings is 1. The van der Waals surface area contributed by atoms with Crippen molar-refractivity contribution in [2.24, 2.45) is 0 Å². The minimum atomic E-state index is -0.445. The van der Waals surface area contributed by atoms with Gasteiger partial charge in [0.1, 0.15) is 5.01 Å². The van der Waals surface area contributed by atoms with Crippen LogP contribution in [0.15, 0.2) is 53.6 Å². The fourth-order valence-corrected chi connectivity index (χ4v) is 4.44. The third kappa shape index (κ3) is 4.94. The maximum atomic E-state index is 11.7. The lowest BCUT2D eigenvalue weighted by atomic mass is 10.1. The van der Waals surface area contributed by atoms with Crippen LogP contribution in [0.3, 0.4) is 0 Å². The molecule has 0 atom stereocenters. The minimum Gasteiger partial charge on any atom is -0.447 e. The molecule has 0 saturated heterocycles. The van der Waals surface area contributed by atoms with Gasteiger partial charge in [0.2, 0.25) is 0 Å². The lowest BCUT2D eigenvalue weighted by Crippen LogP contribution is -2.17. The molecule has 0 spiro atoms. The Morgan fingerprint density at radius 2 is 1.96 bits per heavy atom. The van der Waals surface area contributed by atoms with Gasteiger partial charge in [-0.25, -0.2) is 9.78 Å². The predicted molar refractivity (Wildman–Crippen MR) is 119 cm³/mol. The molecule has 3 aromatic rings. The van der Waals surface area contributed by atoms with E-state index in [1.807, 2.05) is 44.3 Å². The number of thioether (sulfide) groups is 1. The normalized spacial score (nSPS) is 10.9. The standard InChI is InChI=1S/C22H24N2O2S2/c1-5-15-6-11-18(19(12-15)27-4)20-13-23-21(28-20)16-7-9-17(10-8-16)24-22(25)26-14(2)3/h6-14H,5H2,1-4H3,(H,24,25). The van der Waals surface area contributed by atoms with Gasteiger partial charge in [-0.15, -0.1) is 23.1 Å². The highest BCUT2D eigenvalue weighted by atomic mass is 32.2. The van der Waals surface area contributed by atoms with E-state index in [0.29, 0.717) is 5.69 Å². The highest BCUT2D eigenvalue weighted by Gasteiger charge is 2.11. The number of hydrogen-bond donors (Lipinski definition) is 1. The molecular formula is C22H24N2O2S2. The highest BCUT2D eigenvalue weighted by Crippen LogP contribution is 2.37. The lowest BCUT2D eigenvalue weighted by Gasteiger charge is -2.09. The molecule has 1 N–H and O–H groups in total. The van der Waals surface area contributed by atoms with Crippen LogP contribution >= 0.6 is 23.1 Å². The van der Waals surface area contributed by atoms with Crippen LogP contribution in [0.5, 0.6) is 0 Å². The fraction of sp³-hybridized carbons (Fsp3) is 0.273. The van der Waals surface area contributed by atoms with Gasteiger partial charge in [-0.2, -0.15) is 0 Å². The number of carbonyl (C=O) groups excluding carboxylic acids is 1. The van der Waals surface area contributed by atoms with Crippen LogP contribution in [0.2, 0.25) is 0 Å². The third-order valence-electron chi connectivity index (χ3n) is 4.17. The van der Waals surface area contributed by atoms with E-state index < -0.39 is 6.09 Å². The van der Waals surface area contributed by atoms with Crippen molar-refractivity contribution in [3.05, 3.63) is 54.2 Å². The second kappa shape index (κ2) is 9.26. The van der Waals surface area contributed by atoms with Gasteiger partial charge in [-0.05, 0) is 62.4 Å². The van der Waals surface area contributed by atoms with Gasteiger partial charge in [0.15, 0.2) is 0 Å². The van der Waals surface area contributed by atoms with Gasteiger partial charge in [-0.1, -0.05) is 19.1 Å². The largest absolute Gasteiger partial charge is 0.447 e. The van der Waals surface area contributed by atoms with Crippen molar-refractivity contribution in [3.63, 3.8) is 0 Å². The van der Waals surface area contributed by atoms with Crippen LogP contribution in [0, 0.1) is 0 Å². The Kier molecular flexibility index (Phi) is 6.75. The zero-order valence-electron chi connectivity index (χ0n) is 16.5. The maximum absolute atomic E-state index is 11.7. The van der Waals surface area contributed by atoms with Crippen molar-refractivity contribution >= 4 is 34.9 Å². The number of aromatic nitrogens is 1. The van der Waals surface area contributed by atoms with Crippen LogP contribution in [-0.2, 0) is 11.2 Å². The molecule has 28 heavy (non-hydrogen) atoms. The molecule has 0 aliphatic rings. The molecule has 0 radical (unpaired) electrons. The first-order valence-corrected chi connectivity index (χ1v) is 11.3. The molecule has 1 amide bonds. The quantitative estimate of drug-likeness (QED) is 0.457. The van der Waals surface area contributed by atoms with Gasteiger partial charge in [0.25, 0.3) is 0 Å². The Morgan fingerprint density at radius 1 is 1.21 bits per heavy atom. The molecule has 0 saturated carbocycles. The summed E-state index contributed by atoms with van der Waals surface area (Å²) >= 11 is 3.44. The molecule has 3 rings (SSSR count). The summed E-state index contributed by atoms with van der Waals surface area (Å²) in [5.74, 6) is 0. The Hall–Kier alpha value is -2.31. The van der Waals surface area contributed by atoms with Crippen molar-refractivity contribution < 1.29 is 9.53 Å². The monoisotopic (exact) mass is 412 g/mol. The minimum absolute atomic E-state index is 0.148. The molecule has 0 aliphatic carbocycles. The number of carbonyl (C=O) groups is 1. The summed E-state index contributed by atoms with van der Waals surface area (Å²) in [5.41, 5.74) is 4.29. The van der Waals surface area contributed by atoms with E-state index in [2.05, 4.69) is 41.7 Å². The average Bonchev–Trinajstić information content (AvgIpc) is 3.17. The maximum Gasteiger partial charge on any atom is 0.411 e. The average molecular weight is 413 g/mol. The summed E-state index contributed by atoms with van der Waals surface area (Å²) in [7, 11) is 0. The van der Waals surface area contributed by atoms with Crippen molar-refractivity contribution in [1.29, 1.82) is 0 Å². The number of aryl methyl sites for hydroxylation is 1. The molecule has 4 nitrogen and oxygen atoms in total. The Balaban J connectivity index is 1.78. The summed E-state index contributed by atoms with van der Waals surface area (Å²) in [5, 5.41) is 3.68.